The number of ether oxygens (including phenoxy) is 1. The number of para-hydroxylation sites is 1. The molecule has 6 heteroatoms. The molecular weight excluding hydrogens is 451 g/mol. The third-order valence-electron chi connectivity index (χ3n) is 4.89. The molecule has 1 aromatic rings. The number of nitrogens with one attached hydrogen (secondary N) is 2. The quantitative estimate of drug-likeness (QED) is 0.237. The highest BCUT2D eigenvalue weighted by molar-refractivity contribution is 14.0. The Morgan fingerprint density at radius 1 is 1.19 bits per heavy atom. The van der Waals surface area contributed by atoms with Gasteiger partial charge < -0.3 is 20.3 Å². The number of nitrogens with zero attached hydrogens (tertiary/aromatic N) is 2. The van der Waals surface area contributed by atoms with Crippen LogP contribution in [0.3, 0.4) is 0 Å². The topological polar surface area (TPSA) is 48.9 Å². The molecule has 1 aliphatic rings. The number of hydrogen-bond donors (Lipinski definition) is 2. The van der Waals surface area contributed by atoms with Gasteiger partial charge in [-0.3, -0.25) is 4.99 Å². The molecule has 1 unspecified atom stereocenters. The van der Waals surface area contributed by atoms with Gasteiger partial charge in [-0.25, -0.2) is 0 Å². The zero-order chi connectivity index (χ0) is 18.6. The molecule has 0 aliphatic carbocycles. The molecule has 0 spiro atoms. The largest absolute Gasteiger partial charge is 0.378 e. The van der Waals surface area contributed by atoms with E-state index in [2.05, 4.69) is 58.6 Å². The number of aliphatic imine (C=N–C) groups is 1. The fraction of sp³-hybridized carbons (Fsp3) is 0.667. The fourth-order valence-electron chi connectivity index (χ4n) is 3.33. The zero-order valence-corrected chi connectivity index (χ0v) is 19.5. The van der Waals surface area contributed by atoms with Crippen molar-refractivity contribution in [3.8, 4) is 0 Å². The summed E-state index contributed by atoms with van der Waals surface area (Å²) in [6, 6.07) is 9.05. The third kappa shape index (κ3) is 8.68. The van der Waals surface area contributed by atoms with Crippen molar-refractivity contribution in [3.05, 3.63) is 29.8 Å². The Balaban J connectivity index is 0.00000364. The number of hydrogen-bond acceptors (Lipinski definition) is 3. The third-order valence-corrected chi connectivity index (χ3v) is 4.89. The molecule has 0 bridgehead atoms. The van der Waals surface area contributed by atoms with Gasteiger partial charge in [0.2, 0.25) is 0 Å². The minimum absolute atomic E-state index is 0. The van der Waals surface area contributed by atoms with E-state index in [1.54, 1.807) is 0 Å². The Labute approximate surface area is 182 Å². The summed E-state index contributed by atoms with van der Waals surface area (Å²) in [7, 11) is 1.84. The van der Waals surface area contributed by atoms with E-state index in [4.69, 9.17) is 4.74 Å². The van der Waals surface area contributed by atoms with Gasteiger partial charge in [-0.15, -0.1) is 24.0 Å². The van der Waals surface area contributed by atoms with E-state index < -0.39 is 0 Å². The average Bonchev–Trinajstić information content (AvgIpc) is 2.69. The van der Waals surface area contributed by atoms with Gasteiger partial charge in [-0.1, -0.05) is 50.8 Å². The highest BCUT2D eigenvalue weighted by atomic mass is 127. The maximum Gasteiger partial charge on any atom is 0.191 e. The number of halogens is 1. The van der Waals surface area contributed by atoms with E-state index >= 15 is 0 Å². The summed E-state index contributed by atoms with van der Waals surface area (Å²) in [4.78, 5) is 6.80. The Morgan fingerprint density at radius 2 is 1.93 bits per heavy atom. The molecule has 1 saturated heterocycles. The maximum atomic E-state index is 5.48. The fourth-order valence-corrected chi connectivity index (χ4v) is 3.33. The van der Waals surface area contributed by atoms with Crippen LogP contribution in [0.5, 0.6) is 0 Å². The molecule has 1 aromatic carbocycles. The SMILES string of the molecule is CCCCCCC(C)NC(=NC)NCc1ccccc1N1CCOCC1.I. The second kappa shape index (κ2) is 14.0. The number of benzene rings is 1. The molecule has 5 nitrogen and oxygen atoms in total. The Hall–Kier alpha value is -1.02. The predicted octanol–water partition coefficient (Wildman–Crippen LogP) is 4.17. The number of morpholine rings is 1. The standard InChI is InChI=1S/C21H36N4O.HI/c1-4-5-6-7-10-18(2)24-21(22-3)23-17-19-11-8-9-12-20(19)25-13-15-26-16-14-25;/h8-9,11-12,18H,4-7,10,13-17H2,1-3H3,(H2,22,23,24);1H. The lowest BCUT2D eigenvalue weighted by Crippen LogP contribution is -2.42. The summed E-state index contributed by atoms with van der Waals surface area (Å²) < 4.78 is 5.48. The average molecular weight is 488 g/mol. The van der Waals surface area contributed by atoms with Crippen LogP contribution in [0.15, 0.2) is 29.3 Å². The van der Waals surface area contributed by atoms with Crippen LogP contribution in [-0.2, 0) is 11.3 Å². The smallest absolute Gasteiger partial charge is 0.191 e. The Kier molecular flexibility index (Phi) is 12.5. The first kappa shape index (κ1) is 24.0. The molecule has 2 N–H and O–H groups in total. The van der Waals surface area contributed by atoms with E-state index in [1.165, 1.54) is 43.4 Å². The number of rotatable bonds is 9. The van der Waals surface area contributed by atoms with Crippen LogP contribution in [0.25, 0.3) is 0 Å². The maximum absolute atomic E-state index is 5.48. The predicted molar refractivity (Wildman–Crippen MR) is 126 cm³/mol. The minimum atomic E-state index is 0. The molecule has 1 atom stereocenters. The highest BCUT2D eigenvalue weighted by Gasteiger charge is 2.14. The van der Waals surface area contributed by atoms with Crippen LogP contribution >= 0.6 is 24.0 Å². The van der Waals surface area contributed by atoms with Gasteiger partial charge in [0, 0.05) is 38.4 Å². The van der Waals surface area contributed by atoms with Crippen LogP contribution in [0, 0.1) is 0 Å². The van der Waals surface area contributed by atoms with Gasteiger partial charge in [0.1, 0.15) is 0 Å². The summed E-state index contributed by atoms with van der Waals surface area (Å²) in [5.41, 5.74) is 2.60. The molecule has 0 aromatic heterocycles. The van der Waals surface area contributed by atoms with Gasteiger partial charge in [-0.05, 0) is 25.0 Å². The van der Waals surface area contributed by atoms with Crippen molar-refractivity contribution in [2.45, 2.75) is 58.5 Å². The van der Waals surface area contributed by atoms with Gasteiger partial charge in [0.25, 0.3) is 0 Å². The lowest BCUT2D eigenvalue weighted by atomic mass is 10.1. The molecule has 1 heterocycles. The summed E-state index contributed by atoms with van der Waals surface area (Å²) in [5.74, 6) is 0.879. The first-order valence-corrected chi connectivity index (χ1v) is 10.1. The van der Waals surface area contributed by atoms with Crippen molar-refractivity contribution in [1.82, 2.24) is 10.6 Å². The molecule has 154 valence electrons. The molecular formula is C21H37IN4O. The van der Waals surface area contributed by atoms with E-state index in [1.807, 2.05) is 7.05 Å². The number of anilines is 1. The molecule has 0 saturated carbocycles. The van der Waals surface area contributed by atoms with Crippen LogP contribution in [-0.4, -0.2) is 45.4 Å². The van der Waals surface area contributed by atoms with Crippen LogP contribution in [0.1, 0.15) is 51.5 Å². The van der Waals surface area contributed by atoms with Gasteiger partial charge in [0.15, 0.2) is 5.96 Å². The van der Waals surface area contributed by atoms with E-state index in [0.29, 0.717) is 6.04 Å². The van der Waals surface area contributed by atoms with Crippen molar-refractivity contribution >= 4 is 35.6 Å². The normalized spacial score (nSPS) is 15.8. The van der Waals surface area contributed by atoms with Gasteiger partial charge in [-0.2, -0.15) is 0 Å². The van der Waals surface area contributed by atoms with E-state index in [0.717, 1.165) is 38.8 Å². The molecule has 1 aliphatic heterocycles. The molecule has 0 amide bonds. The number of guanidine groups is 1. The van der Waals surface area contributed by atoms with Gasteiger partial charge >= 0.3 is 0 Å². The van der Waals surface area contributed by atoms with Crippen molar-refractivity contribution in [2.75, 3.05) is 38.3 Å². The lowest BCUT2D eigenvalue weighted by Gasteiger charge is -2.30. The van der Waals surface area contributed by atoms with Gasteiger partial charge in [0.05, 0.1) is 13.2 Å². The first-order valence-electron chi connectivity index (χ1n) is 10.1. The monoisotopic (exact) mass is 488 g/mol. The molecule has 1 fully saturated rings. The molecule has 0 radical (unpaired) electrons. The molecule has 2 rings (SSSR count). The van der Waals surface area contributed by atoms with Crippen LogP contribution < -0.4 is 15.5 Å². The Bertz CT molecular complexity index is 547. The van der Waals surface area contributed by atoms with E-state index in [9.17, 15) is 0 Å². The van der Waals surface area contributed by atoms with E-state index in [-0.39, 0.29) is 24.0 Å². The summed E-state index contributed by atoms with van der Waals surface area (Å²) >= 11 is 0. The van der Waals surface area contributed by atoms with Crippen LogP contribution in [0.2, 0.25) is 0 Å². The summed E-state index contributed by atoms with van der Waals surface area (Å²) in [6.07, 6.45) is 6.40. The number of unbranched alkanes of at least 4 members (excludes halogenated alkanes) is 3. The zero-order valence-electron chi connectivity index (χ0n) is 17.2. The van der Waals surface area contributed by atoms with Crippen molar-refractivity contribution in [3.63, 3.8) is 0 Å². The van der Waals surface area contributed by atoms with Crippen LogP contribution in [0.4, 0.5) is 5.69 Å². The summed E-state index contributed by atoms with van der Waals surface area (Å²) in [5, 5.41) is 7.00. The second-order valence-electron chi connectivity index (χ2n) is 7.05. The highest BCUT2D eigenvalue weighted by Crippen LogP contribution is 2.21. The first-order chi connectivity index (χ1) is 12.7. The Morgan fingerprint density at radius 3 is 2.63 bits per heavy atom. The molecule has 27 heavy (non-hydrogen) atoms. The minimum Gasteiger partial charge on any atom is -0.378 e. The summed E-state index contributed by atoms with van der Waals surface area (Å²) in [6.45, 7) is 8.79. The second-order valence-corrected chi connectivity index (χ2v) is 7.05. The van der Waals surface area contributed by atoms with Crippen molar-refractivity contribution in [1.29, 1.82) is 0 Å². The van der Waals surface area contributed by atoms with Crippen molar-refractivity contribution in [2.24, 2.45) is 4.99 Å². The lowest BCUT2D eigenvalue weighted by molar-refractivity contribution is 0.122. The van der Waals surface area contributed by atoms with Crippen molar-refractivity contribution < 1.29 is 4.74 Å².